The fourth-order valence-electron chi connectivity index (χ4n) is 3.23. The summed E-state index contributed by atoms with van der Waals surface area (Å²) in [6, 6.07) is 15.1. The minimum atomic E-state index is -3.49. The number of ether oxygens (including phenoxy) is 1. The summed E-state index contributed by atoms with van der Waals surface area (Å²) in [7, 11) is -3.49. The molecule has 1 amide bonds. The highest BCUT2D eigenvalue weighted by Gasteiger charge is 2.27. The molecule has 1 aromatic carbocycles. The summed E-state index contributed by atoms with van der Waals surface area (Å²) < 4.78 is 34.3. The number of aromatic nitrogens is 1. The van der Waals surface area contributed by atoms with Crippen molar-refractivity contribution in [2.45, 2.75) is 17.2 Å². The van der Waals surface area contributed by atoms with Gasteiger partial charge in [-0.15, -0.1) is 11.3 Å². The Morgan fingerprint density at radius 1 is 1.03 bits per heavy atom. The minimum Gasteiger partial charge on any atom is -0.379 e. The molecule has 1 aliphatic rings. The van der Waals surface area contributed by atoms with Gasteiger partial charge in [-0.05, 0) is 42.0 Å². The number of carbonyl (C=O) groups excluding carboxylic acids is 1. The zero-order valence-electron chi connectivity index (χ0n) is 16.4. The topological polar surface area (TPSA) is 80.6 Å². The predicted octanol–water partition coefficient (Wildman–Crippen LogP) is 2.42. The van der Waals surface area contributed by atoms with E-state index >= 15 is 0 Å². The van der Waals surface area contributed by atoms with Gasteiger partial charge < -0.3 is 14.6 Å². The Bertz CT molecular complexity index is 1080. The first-order chi connectivity index (χ1) is 14.5. The molecular weight excluding hydrogens is 422 g/mol. The van der Waals surface area contributed by atoms with Crippen LogP contribution in [0.3, 0.4) is 0 Å². The van der Waals surface area contributed by atoms with E-state index in [9.17, 15) is 13.2 Å². The molecule has 0 unspecified atom stereocenters. The minimum absolute atomic E-state index is 0.102. The van der Waals surface area contributed by atoms with Gasteiger partial charge in [0.15, 0.2) is 0 Å². The van der Waals surface area contributed by atoms with Crippen LogP contribution in [0.2, 0.25) is 0 Å². The van der Waals surface area contributed by atoms with Crippen LogP contribution in [-0.4, -0.2) is 49.5 Å². The molecule has 1 N–H and O–H groups in total. The van der Waals surface area contributed by atoms with Crippen LogP contribution in [0.1, 0.15) is 10.4 Å². The number of sulfonamides is 1. The molecule has 0 spiro atoms. The molecule has 9 heteroatoms. The molecule has 1 fully saturated rings. The number of hydrogen-bond donors (Lipinski definition) is 1. The molecule has 2 aromatic heterocycles. The number of hydrogen-bond acceptors (Lipinski definition) is 5. The summed E-state index contributed by atoms with van der Waals surface area (Å²) >= 11 is 1.19. The first-order valence-corrected chi connectivity index (χ1v) is 11.9. The van der Waals surface area contributed by atoms with Crippen molar-refractivity contribution >= 4 is 27.3 Å². The van der Waals surface area contributed by atoms with E-state index in [-0.39, 0.29) is 12.3 Å². The van der Waals surface area contributed by atoms with Gasteiger partial charge in [-0.1, -0.05) is 12.1 Å². The molecule has 0 saturated carbocycles. The Labute approximate surface area is 179 Å². The highest BCUT2D eigenvalue weighted by Crippen LogP contribution is 2.25. The van der Waals surface area contributed by atoms with E-state index < -0.39 is 10.0 Å². The van der Waals surface area contributed by atoms with Crippen molar-refractivity contribution < 1.29 is 17.9 Å². The number of nitrogens with one attached hydrogen (secondary N) is 1. The molecule has 0 atom stereocenters. The van der Waals surface area contributed by atoms with Crippen molar-refractivity contribution in [1.29, 1.82) is 0 Å². The van der Waals surface area contributed by atoms with Crippen molar-refractivity contribution in [2.24, 2.45) is 0 Å². The lowest BCUT2D eigenvalue weighted by Gasteiger charge is -2.25. The van der Waals surface area contributed by atoms with Crippen molar-refractivity contribution in [3.63, 3.8) is 0 Å². The zero-order chi connectivity index (χ0) is 21.0. The van der Waals surface area contributed by atoms with Crippen LogP contribution in [0.25, 0.3) is 5.69 Å². The maximum Gasteiger partial charge on any atom is 0.252 e. The van der Waals surface area contributed by atoms with Gasteiger partial charge in [0.05, 0.1) is 26.2 Å². The number of amides is 1. The summed E-state index contributed by atoms with van der Waals surface area (Å²) in [4.78, 5) is 13.1. The van der Waals surface area contributed by atoms with Crippen LogP contribution in [0, 0.1) is 0 Å². The lowest BCUT2D eigenvalue weighted by molar-refractivity contribution is -0.120. The fraction of sp³-hybridized carbons (Fsp3) is 0.286. The lowest BCUT2D eigenvalue weighted by Crippen LogP contribution is -2.40. The molecule has 0 bridgehead atoms. The average molecular weight is 446 g/mol. The van der Waals surface area contributed by atoms with Gasteiger partial charge in [-0.3, -0.25) is 4.79 Å². The SMILES string of the molecule is O=C(Cc1ccc(-n2cccc2)cc1)NCc1ccc(S(=O)(=O)N2CCOCC2)s1. The largest absolute Gasteiger partial charge is 0.379 e. The van der Waals surface area contributed by atoms with Crippen LogP contribution in [-0.2, 0) is 32.5 Å². The quantitative estimate of drug-likeness (QED) is 0.606. The van der Waals surface area contributed by atoms with E-state index in [1.54, 1.807) is 12.1 Å². The van der Waals surface area contributed by atoms with E-state index in [2.05, 4.69) is 5.32 Å². The monoisotopic (exact) mass is 445 g/mol. The van der Waals surface area contributed by atoms with Crippen LogP contribution in [0.15, 0.2) is 65.1 Å². The smallest absolute Gasteiger partial charge is 0.252 e. The molecule has 0 aliphatic carbocycles. The Morgan fingerprint density at radius 3 is 2.43 bits per heavy atom. The van der Waals surface area contributed by atoms with Crippen molar-refractivity contribution in [3.8, 4) is 5.69 Å². The predicted molar refractivity (Wildman–Crippen MR) is 115 cm³/mol. The van der Waals surface area contributed by atoms with Crippen LogP contribution >= 0.6 is 11.3 Å². The number of benzene rings is 1. The van der Waals surface area contributed by atoms with E-state index in [1.165, 1.54) is 15.6 Å². The third kappa shape index (κ3) is 4.81. The molecule has 3 aromatic rings. The van der Waals surface area contributed by atoms with Gasteiger partial charge >= 0.3 is 0 Å². The van der Waals surface area contributed by atoms with Crippen molar-refractivity contribution in [1.82, 2.24) is 14.2 Å². The number of rotatable bonds is 7. The molecule has 0 radical (unpaired) electrons. The summed E-state index contributed by atoms with van der Waals surface area (Å²) in [6.45, 7) is 1.88. The van der Waals surface area contributed by atoms with Crippen molar-refractivity contribution in [3.05, 3.63) is 71.4 Å². The molecule has 30 heavy (non-hydrogen) atoms. The summed E-state index contributed by atoms with van der Waals surface area (Å²) in [5, 5.41) is 2.87. The highest BCUT2D eigenvalue weighted by atomic mass is 32.2. The standard InChI is InChI=1S/C21H23N3O4S2/c25-20(15-17-3-5-18(6-4-17)23-9-1-2-10-23)22-16-19-7-8-21(29-19)30(26,27)24-11-13-28-14-12-24/h1-10H,11-16H2,(H,22,25). The van der Waals surface area contributed by atoms with E-state index in [4.69, 9.17) is 4.74 Å². The Hall–Kier alpha value is -2.46. The van der Waals surface area contributed by atoms with E-state index in [0.717, 1.165) is 16.1 Å². The second kappa shape index (κ2) is 9.13. The summed E-state index contributed by atoms with van der Waals surface area (Å²) in [6.07, 6.45) is 4.21. The summed E-state index contributed by atoms with van der Waals surface area (Å²) in [5.74, 6) is -0.102. The van der Waals surface area contributed by atoms with Gasteiger partial charge in [0.2, 0.25) is 5.91 Å². The van der Waals surface area contributed by atoms with E-state index in [1.807, 2.05) is 53.4 Å². The third-order valence-electron chi connectivity index (χ3n) is 4.86. The molecule has 158 valence electrons. The Morgan fingerprint density at radius 2 is 1.73 bits per heavy atom. The van der Waals surface area contributed by atoms with Crippen LogP contribution < -0.4 is 5.32 Å². The first kappa shape index (κ1) is 20.8. The normalized spacial score (nSPS) is 15.2. The van der Waals surface area contributed by atoms with Gasteiger partial charge in [0, 0.05) is 36.0 Å². The Balaban J connectivity index is 1.31. The van der Waals surface area contributed by atoms with Crippen LogP contribution in [0.5, 0.6) is 0 Å². The highest BCUT2D eigenvalue weighted by molar-refractivity contribution is 7.91. The average Bonchev–Trinajstić information content (AvgIpc) is 3.46. The second-order valence-corrected chi connectivity index (χ2v) is 10.3. The van der Waals surface area contributed by atoms with Gasteiger partial charge in [0.25, 0.3) is 10.0 Å². The first-order valence-electron chi connectivity index (χ1n) is 9.68. The van der Waals surface area contributed by atoms with Gasteiger partial charge in [-0.25, -0.2) is 8.42 Å². The number of carbonyl (C=O) groups is 1. The van der Waals surface area contributed by atoms with Crippen molar-refractivity contribution in [2.75, 3.05) is 26.3 Å². The molecule has 7 nitrogen and oxygen atoms in total. The third-order valence-corrected chi connectivity index (χ3v) is 8.32. The molecule has 3 heterocycles. The van der Waals surface area contributed by atoms with E-state index in [0.29, 0.717) is 37.1 Å². The zero-order valence-corrected chi connectivity index (χ0v) is 18.0. The lowest BCUT2D eigenvalue weighted by atomic mass is 10.1. The molecular formula is C21H23N3O4S2. The number of nitrogens with zero attached hydrogens (tertiary/aromatic N) is 2. The maximum absolute atomic E-state index is 12.7. The molecule has 1 aliphatic heterocycles. The number of thiophene rings is 1. The molecule has 1 saturated heterocycles. The number of morpholine rings is 1. The van der Waals surface area contributed by atoms with Crippen LogP contribution in [0.4, 0.5) is 0 Å². The second-order valence-electron chi connectivity index (χ2n) is 6.95. The Kier molecular flexibility index (Phi) is 6.33. The maximum atomic E-state index is 12.7. The summed E-state index contributed by atoms with van der Waals surface area (Å²) in [5.41, 5.74) is 1.96. The molecule has 4 rings (SSSR count). The fourth-order valence-corrected chi connectivity index (χ4v) is 6.09. The van der Waals surface area contributed by atoms with Gasteiger partial charge in [-0.2, -0.15) is 4.31 Å². The van der Waals surface area contributed by atoms with Gasteiger partial charge in [0.1, 0.15) is 4.21 Å².